The molecule has 0 spiro atoms. The van der Waals surface area contributed by atoms with Crippen LogP contribution in [0.2, 0.25) is 0 Å². The van der Waals surface area contributed by atoms with Crippen LogP contribution in [0.1, 0.15) is 19.4 Å². The molecule has 1 saturated heterocycles. The zero-order valence-corrected chi connectivity index (χ0v) is 19.9. The van der Waals surface area contributed by atoms with Crippen molar-refractivity contribution in [3.05, 3.63) is 54.1 Å². The molecule has 12 heteroatoms. The highest BCUT2D eigenvalue weighted by atomic mass is 32.2. The number of sulfonamides is 2. The summed E-state index contributed by atoms with van der Waals surface area (Å²) >= 11 is 0. The summed E-state index contributed by atoms with van der Waals surface area (Å²) in [7, 11) is -7.58. The lowest BCUT2D eigenvalue weighted by atomic mass is 10.1. The summed E-state index contributed by atoms with van der Waals surface area (Å²) in [5.41, 5.74) is -0.373. The van der Waals surface area contributed by atoms with E-state index in [-0.39, 0.29) is 36.0 Å². The van der Waals surface area contributed by atoms with Gasteiger partial charge in [-0.05, 0) is 42.5 Å². The minimum Gasteiger partial charge on any atom is -0.369 e. The second kappa shape index (κ2) is 9.61. The zero-order chi connectivity index (χ0) is 24.4. The minimum absolute atomic E-state index is 0.0134. The van der Waals surface area contributed by atoms with Gasteiger partial charge in [-0.3, -0.25) is 0 Å². The molecule has 0 atom stereocenters. The highest BCUT2D eigenvalue weighted by Gasteiger charge is 2.32. The topological polar surface area (TPSA) is 78.0 Å². The Morgan fingerprint density at radius 2 is 1.39 bits per heavy atom. The SMILES string of the molecule is CCN(CC)S(=O)(=O)c1ccc(S(=O)(=O)N2CCN(c3cccc(C(F)(F)F)c3)CC2)cc1. The Kier molecular flexibility index (Phi) is 7.42. The molecule has 0 aromatic heterocycles. The number of benzene rings is 2. The number of rotatable bonds is 7. The van der Waals surface area contributed by atoms with E-state index < -0.39 is 31.8 Å². The van der Waals surface area contributed by atoms with Crippen LogP contribution < -0.4 is 4.90 Å². The van der Waals surface area contributed by atoms with Gasteiger partial charge in [-0.25, -0.2) is 16.8 Å². The first kappa shape index (κ1) is 25.5. The molecule has 2 aromatic rings. The number of hydrogen-bond donors (Lipinski definition) is 0. The fraction of sp³-hybridized carbons (Fsp3) is 0.429. The Labute approximate surface area is 192 Å². The van der Waals surface area contributed by atoms with Gasteiger partial charge in [0.25, 0.3) is 0 Å². The maximum absolute atomic E-state index is 13.0. The van der Waals surface area contributed by atoms with Gasteiger partial charge in [-0.2, -0.15) is 21.8 Å². The van der Waals surface area contributed by atoms with Crippen molar-refractivity contribution in [1.82, 2.24) is 8.61 Å². The average molecular weight is 506 g/mol. The fourth-order valence-electron chi connectivity index (χ4n) is 3.71. The molecule has 0 amide bonds. The van der Waals surface area contributed by atoms with E-state index in [9.17, 15) is 30.0 Å². The molecule has 1 aliphatic heterocycles. The molecule has 2 aromatic carbocycles. The van der Waals surface area contributed by atoms with Gasteiger partial charge in [0.1, 0.15) is 0 Å². The molecule has 33 heavy (non-hydrogen) atoms. The molecule has 1 aliphatic rings. The lowest BCUT2D eigenvalue weighted by molar-refractivity contribution is -0.137. The molecule has 182 valence electrons. The molecule has 0 bridgehead atoms. The van der Waals surface area contributed by atoms with Crippen molar-refractivity contribution in [3.63, 3.8) is 0 Å². The summed E-state index contributed by atoms with van der Waals surface area (Å²) in [4.78, 5) is 1.69. The Morgan fingerprint density at radius 3 is 1.91 bits per heavy atom. The van der Waals surface area contributed by atoms with Crippen LogP contribution in [0.3, 0.4) is 0 Å². The van der Waals surface area contributed by atoms with Crippen LogP contribution in [0.15, 0.2) is 58.3 Å². The van der Waals surface area contributed by atoms with Crippen LogP contribution in [0.4, 0.5) is 18.9 Å². The van der Waals surface area contributed by atoms with E-state index in [0.717, 1.165) is 12.1 Å². The van der Waals surface area contributed by atoms with Crippen molar-refractivity contribution >= 4 is 25.7 Å². The number of nitrogens with zero attached hydrogens (tertiary/aromatic N) is 3. The van der Waals surface area contributed by atoms with Crippen LogP contribution in [0, 0.1) is 0 Å². The van der Waals surface area contributed by atoms with Crippen molar-refractivity contribution in [3.8, 4) is 0 Å². The van der Waals surface area contributed by atoms with Gasteiger partial charge < -0.3 is 4.90 Å². The first-order chi connectivity index (χ1) is 15.4. The summed E-state index contributed by atoms with van der Waals surface area (Å²) < 4.78 is 92.7. The predicted molar refractivity (Wildman–Crippen MR) is 119 cm³/mol. The van der Waals surface area contributed by atoms with E-state index in [4.69, 9.17) is 0 Å². The van der Waals surface area contributed by atoms with E-state index in [2.05, 4.69) is 0 Å². The maximum Gasteiger partial charge on any atom is 0.416 e. The molecule has 3 rings (SSSR count). The molecule has 7 nitrogen and oxygen atoms in total. The van der Waals surface area contributed by atoms with E-state index in [0.29, 0.717) is 18.8 Å². The normalized spacial score (nSPS) is 16.4. The van der Waals surface area contributed by atoms with E-state index in [1.165, 1.54) is 38.9 Å². The molecule has 0 unspecified atom stereocenters. The Bertz CT molecular complexity index is 1170. The van der Waals surface area contributed by atoms with E-state index >= 15 is 0 Å². The molecule has 0 aliphatic carbocycles. The van der Waals surface area contributed by atoms with Gasteiger partial charge in [0, 0.05) is 45.0 Å². The third kappa shape index (κ3) is 5.34. The number of alkyl halides is 3. The number of hydrogen-bond acceptors (Lipinski definition) is 5. The summed E-state index contributed by atoms with van der Waals surface area (Å²) in [5, 5.41) is 0. The van der Waals surface area contributed by atoms with Gasteiger partial charge in [-0.1, -0.05) is 19.9 Å². The Morgan fingerprint density at radius 1 is 0.848 bits per heavy atom. The lowest BCUT2D eigenvalue weighted by Crippen LogP contribution is -2.48. The first-order valence-electron chi connectivity index (χ1n) is 10.4. The average Bonchev–Trinajstić information content (AvgIpc) is 2.79. The second-order valence-corrected chi connectivity index (χ2v) is 11.4. The van der Waals surface area contributed by atoms with Gasteiger partial charge in [0.2, 0.25) is 20.0 Å². The highest BCUT2D eigenvalue weighted by molar-refractivity contribution is 7.89. The van der Waals surface area contributed by atoms with E-state index in [1.54, 1.807) is 24.8 Å². The van der Waals surface area contributed by atoms with Crippen LogP contribution in [0.5, 0.6) is 0 Å². The summed E-state index contributed by atoms with van der Waals surface area (Å²) in [5.74, 6) is 0. The molecular weight excluding hydrogens is 479 g/mol. The quantitative estimate of drug-likeness (QED) is 0.578. The predicted octanol–water partition coefficient (Wildman–Crippen LogP) is 3.25. The summed E-state index contributed by atoms with van der Waals surface area (Å²) in [6.45, 7) is 4.70. The van der Waals surface area contributed by atoms with Crippen molar-refractivity contribution in [2.24, 2.45) is 0 Å². The number of halogens is 3. The third-order valence-corrected chi connectivity index (χ3v) is 9.56. The summed E-state index contributed by atoms with van der Waals surface area (Å²) in [6.07, 6.45) is -4.45. The van der Waals surface area contributed by atoms with Crippen molar-refractivity contribution in [1.29, 1.82) is 0 Å². The van der Waals surface area contributed by atoms with E-state index in [1.807, 2.05) is 0 Å². The van der Waals surface area contributed by atoms with Crippen molar-refractivity contribution in [2.45, 2.75) is 29.8 Å². The Hall–Kier alpha value is -2.15. The van der Waals surface area contributed by atoms with Crippen LogP contribution >= 0.6 is 0 Å². The van der Waals surface area contributed by atoms with Crippen molar-refractivity contribution < 1.29 is 30.0 Å². The van der Waals surface area contributed by atoms with Gasteiger partial charge in [-0.15, -0.1) is 0 Å². The zero-order valence-electron chi connectivity index (χ0n) is 18.3. The number of piperazine rings is 1. The molecule has 0 N–H and O–H groups in total. The lowest BCUT2D eigenvalue weighted by Gasteiger charge is -2.35. The van der Waals surface area contributed by atoms with Gasteiger partial charge in [0.15, 0.2) is 0 Å². The Balaban J connectivity index is 1.73. The first-order valence-corrected chi connectivity index (χ1v) is 13.3. The molecule has 1 heterocycles. The second-order valence-electron chi connectivity index (χ2n) is 7.50. The molecule has 0 saturated carbocycles. The maximum atomic E-state index is 13.0. The summed E-state index contributed by atoms with van der Waals surface area (Å²) in [6, 6.07) is 10.0. The van der Waals surface area contributed by atoms with Gasteiger partial charge >= 0.3 is 6.18 Å². The molecular formula is C21H26F3N3O4S2. The molecule has 0 radical (unpaired) electrons. The highest BCUT2D eigenvalue weighted by Crippen LogP contribution is 2.32. The van der Waals surface area contributed by atoms with Crippen LogP contribution in [-0.2, 0) is 26.2 Å². The van der Waals surface area contributed by atoms with Gasteiger partial charge in [0.05, 0.1) is 15.4 Å². The number of anilines is 1. The standard InChI is InChI=1S/C21H26F3N3O4S2/c1-3-26(4-2)32(28,29)19-8-10-20(11-9-19)33(30,31)27-14-12-25(13-15-27)18-7-5-6-17(16-18)21(22,23)24/h5-11,16H,3-4,12-15H2,1-2H3. The monoisotopic (exact) mass is 505 g/mol. The smallest absolute Gasteiger partial charge is 0.369 e. The third-order valence-electron chi connectivity index (χ3n) is 5.58. The molecule has 1 fully saturated rings. The van der Waals surface area contributed by atoms with Crippen LogP contribution in [-0.4, -0.2) is 64.7 Å². The minimum atomic E-state index is -4.45. The fourth-order valence-corrected chi connectivity index (χ4v) is 6.59. The van der Waals surface area contributed by atoms with Crippen molar-refractivity contribution in [2.75, 3.05) is 44.2 Å². The van der Waals surface area contributed by atoms with Crippen LogP contribution in [0.25, 0.3) is 0 Å². The largest absolute Gasteiger partial charge is 0.416 e.